The van der Waals surface area contributed by atoms with Gasteiger partial charge in [0.1, 0.15) is 12.4 Å². The van der Waals surface area contributed by atoms with E-state index in [-0.39, 0.29) is 4.90 Å². The molecule has 1 heterocycles. The molecular formula is C19H23N3O3S. The second kappa shape index (κ2) is 7.88. The summed E-state index contributed by atoms with van der Waals surface area (Å²) in [6, 6.07) is 13.6. The second-order valence-electron chi connectivity index (χ2n) is 5.90. The van der Waals surface area contributed by atoms with Gasteiger partial charge in [-0.1, -0.05) is 32.0 Å². The Kier molecular flexibility index (Phi) is 5.58. The molecule has 0 unspecified atom stereocenters. The molecule has 26 heavy (non-hydrogen) atoms. The van der Waals surface area contributed by atoms with Gasteiger partial charge in [0.05, 0.1) is 16.6 Å². The first-order valence-electron chi connectivity index (χ1n) is 8.69. The Morgan fingerprint density at radius 2 is 1.81 bits per heavy atom. The Hall–Kier alpha value is -2.38. The van der Waals surface area contributed by atoms with Crippen LogP contribution in [0.25, 0.3) is 10.9 Å². The van der Waals surface area contributed by atoms with Gasteiger partial charge in [-0.3, -0.25) is 0 Å². The van der Waals surface area contributed by atoms with Crippen molar-refractivity contribution in [1.29, 1.82) is 0 Å². The summed E-state index contributed by atoms with van der Waals surface area (Å²) in [7, 11) is -3.71. The standard InChI is InChI=1S/C19H23N3O3S/c1-3-21(4-2)12-13-25-17-10-11-19-16(14-17)15-20-22(19)26(23,24)18-8-6-5-7-9-18/h5-11,14-15H,3-4,12-13H2,1-2H3. The number of likely N-dealkylation sites (N-methyl/N-ethyl adjacent to an activating group) is 1. The highest BCUT2D eigenvalue weighted by Crippen LogP contribution is 2.24. The highest BCUT2D eigenvalue weighted by molar-refractivity contribution is 7.90. The Bertz CT molecular complexity index is 964. The van der Waals surface area contributed by atoms with Gasteiger partial charge in [-0.05, 0) is 43.4 Å². The van der Waals surface area contributed by atoms with E-state index in [1.165, 1.54) is 0 Å². The summed E-state index contributed by atoms with van der Waals surface area (Å²) in [5.74, 6) is 0.710. The monoisotopic (exact) mass is 373 g/mol. The van der Waals surface area contributed by atoms with Gasteiger partial charge in [0.15, 0.2) is 0 Å². The van der Waals surface area contributed by atoms with Crippen molar-refractivity contribution in [2.45, 2.75) is 18.7 Å². The van der Waals surface area contributed by atoms with Crippen LogP contribution in [-0.4, -0.2) is 48.7 Å². The SMILES string of the molecule is CCN(CC)CCOc1ccc2c(cnn2S(=O)(=O)c2ccccc2)c1. The molecule has 1 aromatic heterocycles. The van der Waals surface area contributed by atoms with Crippen LogP contribution in [0.2, 0.25) is 0 Å². The number of nitrogens with zero attached hydrogens (tertiary/aromatic N) is 3. The van der Waals surface area contributed by atoms with E-state index in [4.69, 9.17) is 4.74 Å². The Morgan fingerprint density at radius 3 is 2.50 bits per heavy atom. The summed E-state index contributed by atoms with van der Waals surface area (Å²) in [5, 5.41) is 4.81. The molecule has 0 spiro atoms. The minimum Gasteiger partial charge on any atom is -0.492 e. The molecule has 0 N–H and O–H groups in total. The first-order chi connectivity index (χ1) is 12.6. The van der Waals surface area contributed by atoms with E-state index >= 15 is 0 Å². The molecular weight excluding hydrogens is 350 g/mol. The summed E-state index contributed by atoms with van der Waals surface area (Å²) in [4.78, 5) is 2.49. The zero-order valence-electron chi connectivity index (χ0n) is 15.0. The predicted octanol–water partition coefficient (Wildman–Crippen LogP) is 2.99. The molecule has 0 aliphatic carbocycles. The predicted molar refractivity (Wildman–Crippen MR) is 102 cm³/mol. The van der Waals surface area contributed by atoms with Crippen molar-refractivity contribution in [2.24, 2.45) is 0 Å². The molecule has 0 aliphatic heterocycles. The molecule has 138 valence electrons. The molecule has 0 radical (unpaired) electrons. The van der Waals surface area contributed by atoms with E-state index in [9.17, 15) is 8.42 Å². The number of benzene rings is 2. The molecule has 0 fully saturated rings. The number of rotatable bonds is 8. The molecule has 3 rings (SSSR count). The minimum atomic E-state index is -3.71. The maximum atomic E-state index is 12.8. The zero-order valence-corrected chi connectivity index (χ0v) is 15.8. The molecule has 0 amide bonds. The quantitative estimate of drug-likeness (QED) is 0.607. The third kappa shape index (κ3) is 3.73. The molecule has 0 atom stereocenters. The van der Waals surface area contributed by atoms with Crippen molar-refractivity contribution < 1.29 is 13.2 Å². The number of fused-ring (bicyclic) bond motifs is 1. The van der Waals surface area contributed by atoms with Gasteiger partial charge in [0, 0.05) is 11.9 Å². The van der Waals surface area contributed by atoms with Crippen molar-refractivity contribution in [3.05, 3.63) is 54.7 Å². The third-order valence-corrected chi connectivity index (χ3v) is 5.96. The van der Waals surface area contributed by atoms with Crippen molar-refractivity contribution in [3.63, 3.8) is 0 Å². The topological polar surface area (TPSA) is 64.4 Å². The van der Waals surface area contributed by atoms with Crippen LogP contribution in [0.15, 0.2) is 59.6 Å². The molecule has 0 bridgehead atoms. The normalized spacial score (nSPS) is 12.0. The molecule has 0 aliphatic rings. The smallest absolute Gasteiger partial charge is 0.283 e. The van der Waals surface area contributed by atoms with E-state index in [1.807, 2.05) is 6.07 Å². The van der Waals surface area contributed by atoms with Gasteiger partial charge >= 0.3 is 0 Å². The van der Waals surface area contributed by atoms with Gasteiger partial charge in [-0.15, -0.1) is 0 Å². The highest BCUT2D eigenvalue weighted by atomic mass is 32.2. The summed E-state index contributed by atoms with van der Waals surface area (Å²) in [5.41, 5.74) is 0.532. The average Bonchev–Trinajstić information content (AvgIpc) is 3.10. The molecule has 7 heteroatoms. The fourth-order valence-electron chi connectivity index (χ4n) is 2.79. The summed E-state index contributed by atoms with van der Waals surface area (Å²) < 4.78 is 32.4. The van der Waals surface area contributed by atoms with Gasteiger partial charge in [-0.2, -0.15) is 17.6 Å². The minimum absolute atomic E-state index is 0.213. The highest BCUT2D eigenvalue weighted by Gasteiger charge is 2.20. The van der Waals surface area contributed by atoms with Crippen LogP contribution in [0, 0.1) is 0 Å². The van der Waals surface area contributed by atoms with Gasteiger partial charge in [-0.25, -0.2) is 0 Å². The van der Waals surface area contributed by atoms with Crippen LogP contribution in [0.3, 0.4) is 0 Å². The van der Waals surface area contributed by atoms with Gasteiger partial charge in [0.25, 0.3) is 10.0 Å². The van der Waals surface area contributed by atoms with Crippen LogP contribution in [0.5, 0.6) is 5.75 Å². The maximum absolute atomic E-state index is 12.8. The Morgan fingerprint density at radius 1 is 1.08 bits per heavy atom. The lowest BCUT2D eigenvalue weighted by atomic mass is 10.2. The van der Waals surface area contributed by atoms with Crippen LogP contribution in [0.4, 0.5) is 0 Å². The summed E-state index contributed by atoms with van der Waals surface area (Å²) >= 11 is 0. The van der Waals surface area contributed by atoms with E-state index in [0.29, 0.717) is 17.9 Å². The fourth-order valence-corrected chi connectivity index (χ4v) is 4.09. The van der Waals surface area contributed by atoms with E-state index in [1.54, 1.807) is 48.7 Å². The zero-order chi connectivity index (χ0) is 18.6. The largest absolute Gasteiger partial charge is 0.492 e. The second-order valence-corrected chi connectivity index (χ2v) is 7.67. The summed E-state index contributed by atoms with van der Waals surface area (Å²) in [6.07, 6.45) is 1.55. The van der Waals surface area contributed by atoms with Crippen LogP contribution >= 0.6 is 0 Å². The number of hydrogen-bond donors (Lipinski definition) is 0. The van der Waals surface area contributed by atoms with Crippen molar-refractivity contribution in [3.8, 4) is 5.75 Å². The Balaban J connectivity index is 1.82. The van der Waals surface area contributed by atoms with Crippen LogP contribution in [-0.2, 0) is 10.0 Å². The number of ether oxygens (including phenoxy) is 1. The number of hydrogen-bond acceptors (Lipinski definition) is 5. The van der Waals surface area contributed by atoms with Gasteiger partial charge < -0.3 is 9.64 Å². The lowest BCUT2D eigenvalue weighted by molar-refractivity contribution is 0.223. The maximum Gasteiger partial charge on any atom is 0.283 e. The first-order valence-corrected chi connectivity index (χ1v) is 10.1. The molecule has 0 saturated heterocycles. The van der Waals surface area contributed by atoms with Gasteiger partial charge in [0.2, 0.25) is 0 Å². The molecule has 2 aromatic carbocycles. The molecule has 6 nitrogen and oxygen atoms in total. The average molecular weight is 373 g/mol. The van der Waals surface area contributed by atoms with Crippen LogP contribution < -0.4 is 4.74 Å². The van der Waals surface area contributed by atoms with Crippen molar-refractivity contribution >= 4 is 20.9 Å². The lowest BCUT2D eigenvalue weighted by Crippen LogP contribution is -2.27. The lowest BCUT2D eigenvalue weighted by Gasteiger charge is -2.18. The van der Waals surface area contributed by atoms with Crippen molar-refractivity contribution in [2.75, 3.05) is 26.2 Å². The number of aromatic nitrogens is 2. The molecule has 3 aromatic rings. The molecule has 0 saturated carbocycles. The van der Waals surface area contributed by atoms with Crippen molar-refractivity contribution in [1.82, 2.24) is 14.1 Å². The van der Waals surface area contributed by atoms with E-state index in [0.717, 1.165) is 29.1 Å². The fraction of sp³-hybridized carbons (Fsp3) is 0.316. The third-order valence-electron chi connectivity index (χ3n) is 4.35. The first kappa shape index (κ1) is 18.4. The van der Waals surface area contributed by atoms with E-state index < -0.39 is 10.0 Å². The van der Waals surface area contributed by atoms with Crippen LogP contribution in [0.1, 0.15) is 13.8 Å². The van der Waals surface area contributed by atoms with E-state index in [2.05, 4.69) is 23.8 Å². The Labute approximate surface area is 154 Å². The summed E-state index contributed by atoms with van der Waals surface area (Å²) in [6.45, 7) is 7.66.